The summed E-state index contributed by atoms with van der Waals surface area (Å²) < 4.78 is 5.30. The highest BCUT2D eigenvalue weighted by Gasteiger charge is 2.42. The van der Waals surface area contributed by atoms with E-state index in [1.165, 1.54) is 16.8 Å². The summed E-state index contributed by atoms with van der Waals surface area (Å²) >= 11 is 7.84. The van der Waals surface area contributed by atoms with Crippen molar-refractivity contribution >= 4 is 39.1 Å². The molecule has 0 bridgehead atoms. The Labute approximate surface area is 132 Å². The fourth-order valence-corrected chi connectivity index (χ4v) is 4.70. The Hall–Kier alpha value is -1.20. The minimum absolute atomic E-state index is 0.0761. The zero-order valence-corrected chi connectivity index (χ0v) is 13.7. The molecule has 6 heteroatoms. The number of fused-ring (bicyclic) bond motifs is 3. The molecular weight excluding hydrogens is 308 g/mol. The van der Waals surface area contributed by atoms with Crippen LogP contribution in [0.4, 0.5) is 0 Å². The number of aromatic nitrogens is 2. The minimum Gasteiger partial charge on any atom is -0.466 e. The van der Waals surface area contributed by atoms with Gasteiger partial charge in [-0.05, 0) is 38.2 Å². The summed E-state index contributed by atoms with van der Waals surface area (Å²) in [5.41, 5.74) is 0.818. The van der Waals surface area contributed by atoms with Gasteiger partial charge in [0.15, 0.2) is 0 Å². The maximum absolute atomic E-state index is 12.4. The molecule has 112 valence electrons. The molecule has 4 nitrogen and oxygen atoms in total. The maximum Gasteiger partial charge on any atom is 0.312 e. The van der Waals surface area contributed by atoms with Crippen molar-refractivity contribution in [1.82, 2.24) is 9.97 Å². The van der Waals surface area contributed by atoms with E-state index < -0.39 is 5.41 Å². The summed E-state index contributed by atoms with van der Waals surface area (Å²) in [4.78, 5) is 22.9. The third-order valence-corrected chi connectivity index (χ3v) is 5.79. The Morgan fingerprint density at radius 1 is 1.48 bits per heavy atom. The molecule has 21 heavy (non-hydrogen) atoms. The van der Waals surface area contributed by atoms with E-state index in [1.54, 1.807) is 11.3 Å². The fraction of sp³-hybridized carbons (Fsp3) is 0.533. The Morgan fingerprint density at radius 2 is 2.29 bits per heavy atom. The van der Waals surface area contributed by atoms with E-state index in [4.69, 9.17) is 16.3 Å². The second-order valence-electron chi connectivity index (χ2n) is 5.38. The van der Waals surface area contributed by atoms with Crippen molar-refractivity contribution in [2.75, 3.05) is 6.61 Å². The Kier molecular flexibility index (Phi) is 3.88. The van der Waals surface area contributed by atoms with Crippen LogP contribution < -0.4 is 0 Å². The molecule has 0 aromatic carbocycles. The molecule has 1 aliphatic carbocycles. The summed E-state index contributed by atoms with van der Waals surface area (Å²) in [6, 6.07) is 0. The first-order chi connectivity index (χ1) is 10.1. The molecule has 2 aromatic rings. The van der Waals surface area contributed by atoms with Crippen LogP contribution in [0.25, 0.3) is 10.2 Å². The first-order valence-electron chi connectivity index (χ1n) is 7.19. The van der Waals surface area contributed by atoms with Crippen molar-refractivity contribution in [3.8, 4) is 0 Å². The van der Waals surface area contributed by atoms with Crippen LogP contribution in [0.5, 0.6) is 0 Å². The number of ether oxygens (including phenoxy) is 1. The third-order valence-electron chi connectivity index (χ3n) is 4.36. The van der Waals surface area contributed by atoms with Gasteiger partial charge in [0.1, 0.15) is 16.3 Å². The second-order valence-corrected chi connectivity index (χ2v) is 6.82. The zero-order chi connectivity index (χ0) is 15.0. The highest BCUT2D eigenvalue weighted by Crippen LogP contribution is 2.45. The summed E-state index contributed by atoms with van der Waals surface area (Å²) in [7, 11) is 0. The lowest BCUT2D eigenvalue weighted by molar-refractivity contribution is -0.156. The number of thiophene rings is 1. The lowest BCUT2D eigenvalue weighted by atomic mass is 9.72. The van der Waals surface area contributed by atoms with Crippen LogP contribution in [-0.2, 0) is 22.4 Å². The zero-order valence-electron chi connectivity index (χ0n) is 12.1. The predicted molar refractivity (Wildman–Crippen MR) is 83.8 cm³/mol. The Bertz CT molecular complexity index is 700. The van der Waals surface area contributed by atoms with Crippen molar-refractivity contribution in [3.63, 3.8) is 0 Å². The first kappa shape index (κ1) is 14.7. The van der Waals surface area contributed by atoms with Gasteiger partial charge >= 0.3 is 5.97 Å². The monoisotopic (exact) mass is 324 g/mol. The van der Waals surface area contributed by atoms with E-state index in [-0.39, 0.29) is 5.97 Å². The summed E-state index contributed by atoms with van der Waals surface area (Å²) in [5.74, 6) is -0.0761. The molecule has 2 aromatic heterocycles. The average Bonchev–Trinajstić information content (AvgIpc) is 2.85. The van der Waals surface area contributed by atoms with Crippen LogP contribution in [-0.4, -0.2) is 22.5 Å². The fourth-order valence-electron chi connectivity index (χ4n) is 3.07. The molecule has 0 spiro atoms. The van der Waals surface area contributed by atoms with E-state index >= 15 is 0 Å². The maximum atomic E-state index is 12.4. The molecule has 1 atom stereocenters. The third kappa shape index (κ3) is 2.32. The molecule has 0 radical (unpaired) electrons. The SMILES string of the molecule is CCOC(=O)[C@]1(CC)CCc2c(sc3ncnc(Cl)c23)C1. The summed E-state index contributed by atoms with van der Waals surface area (Å²) in [6.07, 6.45) is 4.63. The van der Waals surface area contributed by atoms with Gasteiger partial charge in [-0.25, -0.2) is 9.97 Å². The topological polar surface area (TPSA) is 52.1 Å². The van der Waals surface area contributed by atoms with Crippen molar-refractivity contribution in [3.05, 3.63) is 21.9 Å². The number of rotatable bonds is 3. The molecule has 0 saturated heterocycles. The van der Waals surface area contributed by atoms with Gasteiger partial charge in [-0.15, -0.1) is 11.3 Å². The number of esters is 1. The molecule has 0 fully saturated rings. The number of nitrogens with zero attached hydrogens (tertiary/aromatic N) is 2. The van der Waals surface area contributed by atoms with Gasteiger partial charge in [0.2, 0.25) is 0 Å². The number of carbonyl (C=O) groups excluding carboxylic acids is 1. The van der Waals surface area contributed by atoms with Gasteiger partial charge in [0.05, 0.1) is 17.4 Å². The molecule has 1 aliphatic rings. The van der Waals surface area contributed by atoms with E-state index in [2.05, 4.69) is 16.9 Å². The van der Waals surface area contributed by atoms with E-state index in [1.807, 2.05) is 6.92 Å². The molecule has 0 N–H and O–H groups in total. The van der Waals surface area contributed by atoms with Crippen molar-refractivity contribution in [2.24, 2.45) is 5.41 Å². The van der Waals surface area contributed by atoms with Crippen LogP contribution in [0, 0.1) is 5.41 Å². The smallest absolute Gasteiger partial charge is 0.312 e. The van der Waals surface area contributed by atoms with Crippen molar-refractivity contribution < 1.29 is 9.53 Å². The molecule has 3 rings (SSSR count). The summed E-state index contributed by atoms with van der Waals surface area (Å²) in [6.45, 7) is 4.34. The van der Waals surface area contributed by atoms with Crippen LogP contribution in [0.2, 0.25) is 5.15 Å². The van der Waals surface area contributed by atoms with Crippen LogP contribution >= 0.6 is 22.9 Å². The standard InChI is InChI=1S/C15H17ClN2O2S/c1-3-15(14(19)20-4-2)6-5-9-10(7-15)21-13-11(9)12(16)17-8-18-13/h8H,3-7H2,1-2H3/t15-/m1/s1. The number of halogens is 1. The molecule has 0 amide bonds. The van der Waals surface area contributed by atoms with Crippen molar-refractivity contribution in [1.29, 1.82) is 0 Å². The second kappa shape index (κ2) is 5.54. The highest BCUT2D eigenvalue weighted by molar-refractivity contribution is 7.19. The molecule has 2 heterocycles. The van der Waals surface area contributed by atoms with Gasteiger partial charge in [0, 0.05) is 4.88 Å². The van der Waals surface area contributed by atoms with Crippen molar-refractivity contribution in [2.45, 2.75) is 39.5 Å². The molecule has 0 aliphatic heterocycles. The van der Waals surface area contributed by atoms with Gasteiger partial charge in [0.25, 0.3) is 0 Å². The van der Waals surface area contributed by atoms with Crippen LogP contribution in [0.1, 0.15) is 37.1 Å². The number of hydrogen-bond acceptors (Lipinski definition) is 5. The minimum atomic E-state index is -0.399. The van der Waals surface area contributed by atoms with Gasteiger partial charge in [-0.3, -0.25) is 4.79 Å². The van der Waals surface area contributed by atoms with E-state index in [9.17, 15) is 4.79 Å². The largest absolute Gasteiger partial charge is 0.466 e. The molecule has 0 saturated carbocycles. The van der Waals surface area contributed by atoms with Gasteiger partial charge in [-0.1, -0.05) is 18.5 Å². The van der Waals surface area contributed by atoms with Crippen LogP contribution in [0.3, 0.4) is 0 Å². The van der Waals surface area contributed by atoms with E-state index in [0.29, 0.717) is 11.8 Å². The predicted octanol–water partition coefficient (Wildman–Crippen LogP) is 3.79. The van der Waals surface area contributed by atoms with Crippen LogP contribution in [0.15, 0.2) is 6.33 Å². The number of carbonyl (C=O) groups is 1. The van der Waals surface area contributed by atoms with Gasteiger partial charge < -0.3 is 4.74 Å². The lowest BCUT2D eigenvalue weighted by Gasteiger charge is -2.33. The Morgan fingerprint density at radius 3 is 3.00 bits per heavy atom. The normalized spacial score (nSPS) is 21.3. The van der Waals surface area contributed by atoms with Gasteiger partial charge in [-0.2, -0.15) is 0 Å². The summed E-state index contributed by atoms with van der Waals surface area (Å²) in [5, 5.41) is 1.48. The quantitative estimate of drug-likeness (QED) is 0.636. The molecule has 0 unspecified atom stereocenters. The first-order valence-corrected chi connectivity index (χ1v) is 8.38. The Balaban J connectivity index is 2.04. The van der Waals surface area contributed by atoms with E-state index in [0.717, 1.165) is 35.9 Å². The average molecular weight is 325 g/mol. The lowest BCUT2D eigenvalue weighted by Crippen LogP contribution is -2.37. The number of aryl methyl sites for hydroxylation is 1. The number of hydrogen-bond donors (Lipinski definition) is 0. The molecular formula is C15H17ClN2O2S. The highest BCUT2D eigenvalue weighted by atomic mass is 35.5.